The van der Waals surface area contributed by atoms with Crippen molar-refractivity contribution in [2.75, 3.05) is 32.8 Å². The predicted octanol–water partition coefficient (Wildman–Crippen LogP) is 2.98. The number of fused-ring (bicyclic) bond motifs is 1. The molecule has 4 rings (SSSR count). The number of hydrogen-bond donors (Lipinski definition) is 1. The average Bonchev–Trinajstić information content (AvgIpc) is 3.23. The van der Waals surface area contributed by atoms with E-state index in [2.05, 4.69) is 60.0 Å². The second-order valence-corrected chi connectivity index (χ2v) is 7.77. The van der Waals surface area contributed by atoms with E-state index in [1.807, 2.05) is 16.9 Å². The van der Waals surface area contributed by atoms with Crippen molar-refractivity contribution in [1.29, 1.82) is 0 Å². The van der Waals surface area contributed by atoms with Gasteiger partial charge in [-0.2, -0.15) is 5.10 Å². The van der Waals surface area contributed by atoms with Gasteiger partial charge in [0.15, 0.2) is 5.65 Å². The van der Waals surface area contributed by atoms with Gasteiger partial charge in [0, 0.05) is 25.0 Å². The Morgan fingerprint density at radius 1 is 1.19 bits per heavy atom. The molecule has 138 valence electrons. The summed E-state index contributed by atoms with van der Waals surface area (Å²) in [6.07, 6.45) is 1.89. The van der Waals surface area contributed by atoms with Crippen molar-refractivity contribution in [2.24, 2.45) is 0 Å². The zero-order valence-electron chi connectivity index (χ0n) is 15.8. The first kappa shape index (κ1) is 17.2. The molecule has 26 heavy (non-hydrogen) atoms. The van der Waals surface area contributed by atoms with Crippen molar-refractivity contribution in [3.05, 3.63) is 47.9 Å². The number of aromatic amines is 1. The molecule has 0 aliphatic carbocycles. The minimum absolute atomic E-state index is 0.0584. The Bertz CT molecular complexity index is 861. The molecule has 0 amide bonds. The van der Waals surface area contributed by atoms with Gasteiger partial charge in [-0.3, -0.25) is 4.90 Å². The highest BCUT2D eigenvalue weighted by Crippen LogP contribution is 2.27. The highest BCUT2D eigenvalue weighted by Gasteiger charge is 2.29. The van der Waals surface area contributed by atoms with Crippen LogP contribution in [0, 0.1) is 0 Å². The van der Waals surface area contributed by atoms with Crippen LogP contribution in [0.4, 0.5) is 0 Å². The van der Waals surface area contributed by atoms with Crippen LogP contribution in [0.5, 0.6) is 0 Å². The fourth-order valence-electron chi connectivity index (χ4n) is 3.69. The highest BCUT2D eigenvalue weighted by atomic mass is 16.5. The monoisotopic (exact) mass is 353 g/mol. The third-order valence-electron chi connectivity index (χ3n) is 5.25. The van der Waals surface area contributed by atoms with Gasteiger partial charge in [-0.15, -0.1) is 0 Å². The van der Waals surface area contributed by atoms with Crippen LogP contribution in [0.15, 0.2) is 36.5 Å². The van der Waals surface area contributed by atoms with E-state index >= 15 is 0 Å². The topological polar surface area (TPSA) is 59.0 Å². The summed E-state index contributed by atoms with van der Waals surface area (Å²) in [4.78, 5) is 10.9. The van der Waals surface area contributed by atoms with Gasteiger partial charge in [0.25, 0.3) is 0 Å². The van der Waals surface area contributed by atoms with Crippen LogP contribution in [0.2, 0.25) is 0 Å². The van der Waals surface area contributed by atoms with E-state index in [9.17, 15) is 0 Å². The summed E-state index contributed by atoms with van der Waals surface area (Å²) in [6, 6.07) is 10.6. The quantitative estimate of drug-likeness (QED) is 0.766. The summed E-state index contributed by atoms with van der Waals surface area (Å²) in [5, 5.41) is 4.57. The summed E-state index contributed by atoms with van der Waals surface area (Å²) in [7, 11) is 0. The van der Waals surface area contributed by atoms with Gasteiger partial charge in [-0.25, -0.2) is 9.67 Å². The van der Waals surface area contributed by atoms with Crippen LogP contribution >= 0.6 is 0 Å². The van der Waals surface area contributed by atoms with E-state index in [-0.39, 0.29) is 11.5 Å². The SMILES string of the molecule is CC(c1ccccc1)n1ncc2[nH]c(C(C)(C)CN3CCOCC3)nc21. The molecule has 2 aromatic heterocycles. The van der Waals surface area contributed by atoms with Crippen LogP contribution in [0.3, 0.4) is 0 Å². The third-order valence-corrected chi connectivity index (χ3v) is 5.25. The molecule has 1 aliphatic rings. The normalized spacial score (nSPS) is 17.7. The van der Waals surface area contributed by atoms with E-state index in [1.54, 1.807) is 0 Å². The molecule has 1 aromatic carbocycles. The minimum Gasteiger partial charge on any atom is -0.379 e. The Morgan fingerprint density at radius 3 is 2.65 bits per heavy atom. The molecule has 6 heteroatoms. The summed E-state index contributed by atoms with van der Waals surface area (Å²) in [6.45, 7) is 11.2. The minimum atomic E-state index is -0.0584. The Balaban J connectivity index is 1.60. The molecule has 0 spiro atoms. The van der Waals surface area contributed by atoms with Crippen molar-refractivity contribution in [1.82, 2.24) is 24.6 Å². The lowest BCUT2D eigenvalue weighted by atomic mass is 9.91. The molecule has 0 radical (unpaired) electrons. The first-order valence-electron chi connectivity index (χ1n) is 9.33. The lowest BCUT2D eigenvalue weighted by molar-refractivity contribution is 0.0290. The molecule has 1 atom stereocenters. The van der Waals surface area contributed by atoms with Crippen molar-refractivity contribution in [3.63, 3.8) is 0 Å². The molecule has 1 fully saturated rings. The van der Waals surface area contributed by atoms with Gasteiger partial charge >= 0.3 is 0 Å². The number of nitrogens with one attached hydrogen (secondary N) is 1. The molecule has 3 heterocycles. The molecule has 0 bridgehead atoms. The summed E-state index contributed by atoms with van der Waals surface area (Å²) in [5.74, 6) is 1.02. The molecular weight excluding hydrogens is 326 g/mol. The molecule has 6 nitrogen and oxygen atoms in total. The third kappa shape index (κ3) is 3.27. The lowest BCUT2D eigenvalue weighted by Crippen LogP contribution is -2.43. The van der Waals surface area contributed by atoms with Crippen LogP contribution in [-0.4, -0.2) is 57.5 Å². The van der Waals surface area contributed by atoms with E-state index < -0.39 is 0 Å². The summed E-state index contributed by atoms with van der Waals surface area (Å²) >= 11 is 0. The Kier molecular flexibility index (Phi) is 4.54. The second kappa shape index (κ2) is 6.85. The Labute approximate surface area is 154 Å². The van der Waals surface area contributed by atoms with E-state index in [1.165, 1.54) is 5.56 Å². The van der Waals surface area contributed by atoms with Gasteiger partial charge in [0.2, 0.25) is 0 Å². The van der Waals surface area contributed by atoms with E-state index in [4.69, 9.17) is 9.72 Å². The maximum Gasteiger partial charge on any atom is 0.176 e. The van der Waals surface area contributed by atoms with E-state index in [0.717, 1.165) is 49.8 Å². The highest BCUT2D eigenvalue weighted by molar-refractivity contribution is 5.71. The summed E-state index contributed by atoms with van der Waals surface area (Å²) in [5.41, 5.74) is 3.09. The van der Waals surface area contributed by atoms with Crippen LogP contribution in [-0.2, 0) is 10.2 Å². The van der Waals surface area contributed by atoms with Crippen molar-refractivity contribution >= 4 is 11.2 Å². The number of aromatic nitrogens is 4. The smallest absolute Gasteiger partial charge is 0.176 e. The fourth-order valence-corrected chi connectivity index (χ4v) is 3.69. The standard InChI is InChI=1S/C20H27N5O/c1-15(16-7-5-4-6-8-16)25-18-17(13-21-25)22-19(23-18)20(2,3)14-24-9-11-26-12-10-24/h4-8,13,15H,9-12,14H2,1-3H3,(H,22,23). The predicted molar refractivity (Wildman–Crippen MR) is 102 cm³/mol. The van der Waals surface area contributed by atoms with Gasteiger partial charge in [-0.05, 0) is 12.5 Å². The fraction of sp³-hybridized carbons (Fsp3) is 0.500. The zero-order valence-corrected chi connectivity index (χ0v) is 15.8. The summed E-state index contributed by atoms with van der Waals surface area (Å²) < 4.78 is 7.47. The second-order valence-electron chi connectivity index (χ2n) is 7.77. The van der Waals surface area contributed by atoms with Gasteiger partial charge in [-0.1, -0.05) is 44.2 Å². The Hall–Kier alpha value is -2.18. The van der Waals surface area contributed by atoms with Crippen LogP contribution < -0.4 is 0 Å². The van der Waals surface area contributed by atoms with Crippen LogP contribution in [0.25, 0.3) is 11.2 Å². The van der Waals surface area contributed by atoms with Gasteiger partial charge < -0.3 is 9.72 Å². The van der Waals surface area contributed by atoms with Crippen molar-refractivity contribution < 1.29 is 4.74 Å². The number of hydrogen-bond acceptors (Lipinski definition) is 4. The number of imidazole rings is 1. The molecule has 1 aliphatic heterocycles. The first-order chi connectivity index (χ1) is 12.5. The molecule has 1 N–H and O–H groups in total. The largest absolute Gasteiger partial charge is 0.379 e. The molecule has 1 saturated heterocycles. The number of ether oxygens (including phenoxy) is 1. The number of rotatable bonds is 5. The Morgan fingerprint density at radius 2 is 1.92 bits per heavy atom. The van der Waals surface area contributed by atoms with Crippen molar-refractivity contribution in [2.45, 2.75) is 32.2 Å². The van der Waals surface area contributed by atoms with E-state index in [0.29, 0.717) is 0 Å². The lowest BCUT2D eigenvalue weighted by Gasteiger charge is -2.33. The maximum absolute atomic E-state index is 5.46. The van der Waals surface area contributed by atoms with Crippen LogP contribution in [0.1, 0.15) is 38.2 Å². The number of benzene rings is 1. The van der Waals surface area contributed by atoms with Gasteiger partial charge in [0.1, 0.15) is 11.3 Å². The molecular formula is C20H27N5O. The number of nitrogens with zero attached hydrogens (tertiary/aromatic N) is 4. The van der Waals surface area contributed by atoms with Crippen molar-refractivity contribution in [3.8, 4) is 0 Å². The molecule has 0 saturated carbocycles. The van der Waals surface area contributed by atoms with Gasteiger partial charge in [0.05, 0.1) is 25.5 Å². The number of morpholine rings is 1. The average molecular weight is 353 g/mol. The first-order valence-corrected chi connectivity index (χ1v) is 9.33. The number of H-pyrrole nitrogens is 1. The molecule has 3 aromatic rings. The maximum atomic E-state index is 5.46. The molecule has 1 unspecified atom stereocenters. The zero-order chi connectivity index (χ0) is 18.1.